The maximum atomic E-state index is 5.48. The zero-order chi connectivity index (χ0) is 21.8. The normalized spacial score (nSPS) is 11.5. The van der Waals surface area contributed by atoms with Crippen molar-refractivity contribution in [2.75, 3.05) is 19.5 Å². The van der Waals surface area contributed by atoms with E-state index in [1.54, 1.807) is 14.2 Å². The monoisotopic (exact) mass is 413 g/mol. The van der Waals surface area contributed by atoms with Crippen LogP contribution in [0.2, 0.25) is 0 Å². The Hall–Kier alpha value is -3.73. The van der Waals surface area contributed by atoms with Gasteiger partial charge < -0.3 is 19.8 Å². The molecule has 1 aromatic heterocycles. The molecule has 158 valence electrons. The van der Waals surface area contributed by atoms with Crippen molar-refractivity contribution in [3.05, 3.63) is 77.9 Å². The Morgan fingerprint density at radius 3 is 2.61 bits per heavy atom. The van der Waals surface area contributed by atoms with E-state index in [0.717, 1.165) is 45.8 Å². The minimum absolute atomic E-state index is 0.704. The van der Waals surface area contributed by atoms with Crippen LogP contribution in [0.4, 0.5) is 5.69 Å². The van der Waals surface area contributed by atoms with E-state index in [0.29, 0.717) is 11.5 Å². The van der Waals surface area contributed by atoms with Crippen molar-refractivity contribution < 1.29 is 9.47 Å². The second kappa shape index (κ2) is 8.96. The van der Waals surface area contributed by atoms with Crippen LogP contribution in [0.5, 0.6) is 11.5 Å². The van der Waals surface area contributed by atoms with Crippen LogP contribution in [-0.4, -0.2) is 24.2 Å². The average Bonchev–Trinajstić information content (AvgIpc) is 3.22. The lowest BCUT2D eigenvalue weighted by Crippen LogP contribution is -2.00. The lowest BCUT2D eigenvalue weighted by atomic mass is 10.1. The topological polar surface area (TPSA) is 59.2 Å². The minimum atomic E-state index is 0.704. The van der Waals surface area contributed by atoms with E-state index < -0.39 is 0 Å². The van der Waals surface area contributed by atoms with E-state index in [1.807, 2.05) is 30.3 Å². The van der Waals surface area contributed by atoms with Gasteiger partial charge in [0.15, 0.2) is 11.5 Å². The van der Waals surface area contributed by atoms with E-state index in [2.05, 4.69) is 60.6 Å². The molecular formula is C26H27N3O2. The van der Waals surface area contributed by atoms with Crippen LogP contribution in [0.15, 0.2) is 66.7 Å². The molecule has 4 aromatic rings. The van der Waals surface area contributed by atoms with Crippen molar-refractivity contribution in [3.8, 4) is 22.9 Å². The summed E-state index contributed by atoms with van der Waals surface area (Å²) in [4.78, 5) is 8.19. The summed E-state index contributed by atoms with van der Waals surface area (Å²) in [7, 11) is 3.29. The number of aromatic amines is 1. The van der Waals surface area contributed by atoms with Gasteiger partial charge in [0.1, 0.15) is 5.82 Å². The van der Waals surface area contributed by atoms with E-state index in [-0.39, 0.29) is 0 Å². The van der Waals surface area contributed by atoms with Crippen LogP contribution in [0.3, 0.4) is 0 Å². The third kappa shape index (κ3) is 4.40. The summed E-state index contributed by atoms with van der Waals surface area (Å²) < 4.78 is 10.8. The van der Waals surface area contributed by atoms with E-state index in [9.17, 15) is 0 Å². The van der Waals surface area contributed by atoms with Crippen LogP contribution in [0.1, 0.15) is 24.5 Å². The van der Waals surface area contributed by atoms with Gasteiger partial charge in [0.25, 0.3) is 0 Å². The highest BCUT2D eigenvalue weighted by Gasteiger charge is 2.10. The summed E-state index contributed by atoms with van der Waals surface area (Å²) >= 11 is 0. The fourth-order valence-corrected chi connectivity index (χ4v) is 3.61. The van der Waals surface area contributed by atoms with Gasteiger partial charge in [-0.3, -0.25) is 0 Å². The first-order valence-electron chi connectivity index (χ1n) is 10.4. The highest BCUT2D eigenvalue weighted by atomic mass is 16.5. The molecule has 31 heavy (non-hydrogen) atoms. The highest BCUT2D eigenvalue weighted by molar-refractivity contribution is 5.82. The number of ether oxygens (including phenoxy) is 2. The quantitative estimate of drug-likeness (QED) is 0.367. The number of hydrogen-bond donors (Lipinski definition) is 2. The molecular weight excluding hydrogens is 386 g/mol. The van der Waals surface area contributed by atoms with E-state index in [4.69, 9.17) is 14.5 Å². The summed E-state index contributed by atoms with van der Waals surface area (Å²) in [5.74, 6) is 2.27. The Morgan fingerprint density at radius 1 is 1.00 bits per heavy atom. The summed E-state index contributed by atoms with van der Waals surface area (Å²) in [5.41, 5.74) is 7.29. The minimum Gasteiger partial charge on any atom is -0.493 e. The molecule has 0 radical (unpaired) electrons. The standard InChI is InChI=1S/C26H27N3O2/c1-5-7-21(18-11-13-24(30-3)25(16-18)31-4)27-20-9-6-8-19(15-20)26-28-22-12-10-17(2)14-23(22)29-26/h6-16,27H,5H2,1-4H3,(H,28,29)/b21-7-. The summed E-state index contributed by atoms with van der Waals surface area (Å²) in [6.07, 6.45) is 3.07. The van der Waals surface area contributed by atoms with Crippen LogP contribution < -0.4 is 14.8 Å². The molecule has 0 aliphatic rings. The van der Waals surface area contributed by atoms with E-state index in [1.165, 1.54) is 5.56 Å². The Morgan fingerprint density at radius 2 is 1.84 bits per heavy atom. The number of aryl methyl sites for hydroxylation is 1. The molecule has 4 rings (SSSR count). The fourth-order valence-electron chi connectivity index (χ4n) is 3.61. The van der Waals surface area contributed by atoms with Gasteiger partial charge in [0.2, 0.25) is 0 Å². The number of rotatable bonds is 7. The molecule has 0 fully saturated rings. The molecule has 5 nitrogen and oxygen atoms in total. The van der Waals surface area contributed by atoms with Crippen LogP contribution in [-0.2, 0) is 0 Å². The number of benzene rings is 3. The number of imidazole rings is 1. The van der Waals surface area contributed by atoms with Gasteiger partial charge in [-0.15, -0.1) is 0 Å². The zero-order valence-corrected chi connectivity index (χ0v) is 18.3. The number of nitrogens with zero attached hydrogens (tertiary/aromatic N) is 1. The predicted octanol–water partition coefficient (Wildman–Crippen LogP) is 6.42. The van der Waals surface area contributed by atoms with Crippen molar-refractivity contribution in [1.29, 1.82) is 0 Å². The van der Waals surface area contributed by atoms with Gasteiger partial charge in [-0.1, -0.05) is 31.2 Å². The first-order chi connectivity index (χ1) is 15.1. The first-order valence-corrected chi connectivity index (χ1v) is 10.4. The maximum absolute atomic E-state index is 5.48. The van der Waals surface area contributed by atoms with Gasteiger partial charge in [0, 0.05) is 22.5 Å². The molecule has 0 aliphatic heterocycles. The van der Waals surface area contributed by atoms with Crippen molar-refractivity contribution in [2.45, 2.75) is 20.3 Å². The zero-order valence-electron chi connectivity index (χ0n) is 18.3. The number of allylic oxidation sites excluding steroid dienone is 1. The van der Waals surface area contributed by atoms with Gasteiger partial charge in [-0.05, 0) is 61.4 Å². The summed E-state index contributed by atoms with van der Waals surface area (Å²) in [6.45, 7) is 4.20. The van der Waals surface area contributed by atoms with Crippen LogP contribution >= 0.6 is 0 Å². The molecule has 3 aromatic carbocycles. The number of hydrogen-bond acceptors (Lipinski definition) is 4. The second-order valence-corrected chi connectivity index (χ2v) is 7.41. The SMILES string of the molecule is CC/C=C(\Nc1cccc(-c2nc3ccc(C)cc3[nH]2)c1)c1ccc(OC)c(OC)c1. The Labute approximate surface area is 182 Å². The molecule has 5 heteroatoms. The Balaban J connectivity index is 1.65. The first kappa shape index (κ1) is 20.5. The summed E-state index contributed by atoms with van der Waals surface area (Å²) in [6, 6.07) is 20.4. The molecule has 0 atom stereocenters. The number of aromatic nitrogens is 2. The largest absolute Gasteiger partial charge is 0.493 e. The average molecular weight is 414 g/mol. The van der Waals surface area contributed by atoms with Gasteiger partial charge in [-0.2, -0.15) is 0 Å². The number of anilines is 1. The van der Waals surface area contributed by atoms with Gasteiger partial charge in [-0.25, -0.2) is 4.98 Å². The number of nitrogens with one attached hydrogen (secondary N) is 2. The molecule has 0 aliphatic carbocycles. The summed E-state index contributed by atoms with van der Waals surface area (Å²) in [5, 5.41) is 3.56. The van der Waals surface area contributed by atoms with Gasteiger partial charge in [0.05, 0.1) is 25.3 Å². The number of H-pyrrole nitrogens is 1. The second-order valence-electron chi connectivity index (χ2n) is 7.41. The molecule has 0 unspecified atom stereocenters. The Bertz CT molecular complexity index is 1240. The van der Waals surface area contributed by atoms with Crippen LogP contribution in [0.25, 0.3) is 28.1 Å². The maximum Gasteiger partial charge on any atom is 0.161 e. The van der Waals surface area contributed by atoms with Crippen molar-refractivity contribution in [3.63, 3.8) is 0 Å². The molecule has 0 saturated heterocycles. The van der Waals surface area contributed by atoms with Crippen molar-refractivity contribution in [1.82, 2.24) is 9.97 Å². The molecule has 1 heterocycles. The molecule has 2 N–H and O–H groups in total. The number of fused-ring (bicyclic) bond motifs is 1. The smallest absolute Gasteiger partial charge is 0.161 e. The van der Waals surface area contributed by atoms with Crippen molar-refractivity contribution in [2.24, 2.45) is 0 Å². The highest BCUT2D eigenvalue weighted by Crippen LogP contribution is 2.32. The number of methoxy groups -OCH3 is 2. The third-order valence-corrected chi connectivity index (χ3v) is 5.16. The van der Waals surface area contributed by atoms with Crippen LogP contribution in [0, 0.1) is 6.92 Å². The van der Waals surface area contributed by atoms with E-state index >= 15 is 0 Å². The molecule has 0 saturated carbocycles. The fraction of sp³-hybridized carbons (Fsp3) is 0.192. The lowest BCUT2D eigenvalue weighted by Gasteiger charge is -2.15. The Kier molecular flexibility index (Phi) is 5.94. The predicted molar refractivity (Wildman–Crippen MR) is 128 cm³/mol. The van der Waals surface area contributed by atoms with Crippen molar-refractivity contribution >= 4 is 22.4 Å². The lowest BCUT2D eigenvalue weighted by molar-refractivity contribution is 0.355. The van der Waals surface area contributed by atoms with Gasteiger partial charge >= 0.3 is 0 Å². The molecule has 0 spiro atoms. The molecule has 0 bridgehead atoms. The molecule has 0 amide bonds. The third-order valence-electron chi connectivity index (χ3n) is 5.16.